The summed E-state index contributed by atoms with van der Waals surface area (Å²) in [5, 5.41) is 3.61. The molecule has 1 saturated heterocycles. The zero-order chi connectivity index (χ0) is 15.4. The summed E-state index contributed by atoms with van der Waals surface area (Å²) in [6.45, 7) is 7.03. The van der Waals surface area contributed by atoms with Crippen LogP contribution in [0.3, 0.4) is 0 Å². The first-order chi connectivity index (χ1) is 10.7. The van der Waals surface area contributed by atoms with Crippen LogP contribution in [-0.4, -0.2) is 30.7 Å². The zero-order valence-electron chi connectivity index (χ0n) is 13.2. The van der Waals surface area contributed by atoms with Crippen LogP contribution < -0.4 is 15.0 Å². The number of piperazine rings is 1. The molecule has 0 amide bonds. The number of hydrogen-bond acceptors (Lipinski definition) is 4. The molecule has 1 N–H and O–H groups in total. The standard InChI is InChI=1S/C18H23N3O/c1-14(2)22-18-6-4-3-5-16(18)17-13-21(12-11-20-17)15-7-9-19-10-8-15/h3-10,14,17,20H,11-13H2,1-2H3/t17-/m0/s1. The van der Waals surface area contributed by atoms with Gasteiger partial charge in [-0.05, 0) is 32.0 Å². The Bertz CT molecular complexity index is 600. The van der Waals surface area contributed by atoms with E-state index >= 15 is 0 Å². The van der Waals surface area contributed by atoms with Crippen molar-refractivity contribution in [3.05, 3.63) is 54.4 Å². The number of benzene rings is 1. The Morgan fingerprint density at radius 2 is 1.95 bits per heavy atom. The summed E-state index contributed by atoms with van der Waals surface area (Å²) in [5.41, 5.74) is 2.46. The molecule has 0 spiro atoms. The van der Waals surface area contributed by atoms with Gasteiger partial charge in [-0.15, -0.1) is 0 Å². The number of para-hydroxylation sites is 1. The molecule has 4 heteroatoms. The summed E-state index contributed by atoms with van der Waals surface area (Å²) in [6.07, 6.45) is 3.88. The molecule has 1 fully saturated rings. The van der Waals surface area contributed by atoms with Crippen LogP contribution in [-0.2, 0) is 0 Å². The van der Waals surface area contributed by atoms with E-state index in [2.05, 4.69) is 59.4 Å². The normalized spacial score (nSPS) is 18.5. The van der Waals surface area contributed by atoms with E-state index in [1.165, 1.54) is 11.3 Å². The number of pyridine rings is 1. The molecule has 1 atom stereocenters. The van der Waals surface area contributed by atoms with Crippen molar-refractivity contribution < 1.29 is 4.74 Å². The first kappa shape index (κ1) is 14.9. The lowest BCUT2D eigenvalue weighted by Crippen LogP contribution is -2.46. The largest absolute Gasteiger partial charge is 0.491 e. The van der Waals surface area contributed by atoms with Gasteiger partial charge in [0.05, 0.1) is 12.1 Å². The van der Waals surface area contributed by atoms with E-state index in [0.29, 0.717) is 0 Å². The molecule has 22 heavy (non-hydrogen) atoms. The van der Waals surface area contributed by atoms with E-state index in [0.717, 1.165) is 25.4 Å². The minimum Gasteiger partial charge on any atom is -0.491 e. The van der Waals surface area contributed by atoms with Crippen molar-refractivity contribution in [2.75, 3.05) is 24.5 Å². The fraction of sp³-hybridized carbons (Fsp3) is 0.389. The highest BCUT2D eigenvalue weighted by Gasteiger charge is 2.23. The molecule has 2 aromatic rings. The second kappa shape index (κ2) is 6.79. The molecule has 116 valence electrons. The number of rotatable bonds is 4. The van der Waals surface area contributed by atoms with Gasteiger partial charge in [0.25, 0.3) is 0 Å². The molecule has 0 saturated carbocycles. The maximum absolute atomic E-state index is 5.97. The maximum atomic E-state index is 5.97. The fourth-order valence-corrected chi connectivity index (χ4v) is 2.88. The monoisotopic (exact) mass is 297 g/mol. The van der Waals surface area contributed by atoms with Crippen molar-refractivity contribution in [1.82, 2.24) is 10.3 Å². The summed E-state index contributed by atoms with van der Waals surface area (Å²) in [5.74, 6) is 0.978. The maximum Gasteiger partial charge on any atom is 0.124 e. The predicted molar refractivity (Wildman–Crippen MR) is 89.4 cm³/mol. The minimum atomic E-state index is 0.182. The molecule has 1 aliphatic rings. The molecule has 2 heterocycles. The molecular weight excluding hydrogens is 274 g/mol. The Labute approximate surface area is 132 Å². The Hall–Kier alpha value is -2.07. The van der Waals surface area contributed by atoms with Gasteiger partial charge in [0.2, 0.25) is 0 Å². The third kappa shape index (κ3) is 3.39. The molecule has 4 nitrogen and oxygen atoms in total. The number of hydrogen-bond donors (Lipinski definition) is 1. The van der Waals surface area contributed by atoms with Gasteiger partial charge >= 0.3 is 0 Å². The van der Waals surface area contributed by atoms with E-state index in [9.17, 15) is 0 Å². The van der Waals surface area contributed by atoms with Crippen LogP contribution in [0.5, 0.6) is 5.75 Å². The van der Waals surface area contributed by atoms with Crippen molar-refractivity contribution >= 4 is 5.69 Å². The topological polar surface area (TPSA) is 37.4 Å². The molecular formula is C18H23N3O. The number of nitrogens with one attached hydrogen (secondary N) is 1. The summed E-state index contributed by atoms with van der Waals surface area (Å²) >= 11 is 0. The van der Waals surface area contributed by atoms with Crippen molar-refractivity contribution in [2.24, 2.45) is 0 Å². The number of anilines is 1. The number of aromatic nitrogens is 1. The lowest BCUT2D eigenvalue weighted by Gasteiger charge is -2.36. The number of ether oxygens (including phenoxy) is 1. The van der Waals surface area contributed by atoms with Gasteiger partial charge in [-0.1, -0.05) is 18.2 Å². The molecule has 1 aromatic carbocycles. The minimum absolute atomic E-state index is 0.182. The predicted octanol–water partition coefficient (Wildman–Crippen LogP) is 3.02. The van der Waals surface area contributed by atoms with Crippen molar-refractivity contribution in [2.45, 2.75) is 26.0 Å². The second-order valence-electron chi connectivity index (χ2n) is 5.86. The summed E-state index contributed by atoms with van der Waals surface area (Å²) in [7, 11) is 0. The third-order valence-corrected chi connectivity index (χ3v) is 3.86. The van der Waals surface area contributed by atoms with Gasteiger partial charge in [-0.25, -0.2) is 0 Å². The molecule has 0 unspecified atom stereocenters. The van der Waals surface area contributed by atoms with E-state index in [4.69, 9.17) is 4.74 Å². The summed E-state index contributed by atoms with van der Waals surface area (Å²) in [4.78, 5) is 6.50. The van der Waals surface area contributed by atoms with Crippen molar-refractivity contribution in [3.8, 4) is 5.75 Å². The van der Waals surface area contributed by atoms with Crippen LogP contribution in [0, 0.1) is 0 Å². The summed E-state index contributed by atoms with van der Waals surface area (Å²) < 4.78 is 5.97. The van der Waals surface area contributed by atoms with E-state index in [1.807, 2.05) is 18.5 Å². The second-order valence-corrected chi connectivity index (χ2v) is 5.86. The van der Waals surface area contributed by atoms with Gasteiger partial charge in [0, 0.05) is 43.3 Å². The highest BCUT2D eigenvalue weighted by molar-refractivity contribution is 5.47. The fourth-order valence-electron chi connectivity index (χ4n) is 2.88. The Balaban J connectivity index is 1.80. The smallest absolute Gasteiger partial charge is 0.124 e. The average Bonchev–Trinajstić information content (AvgIpc) is 2.56. The number of nitrogens with zero attached hydrogens (tertiary/aromatic N) is 2. The molecule has 0 bridgehead atoms. The Morgan fingerprint density at radius 1 is 1.18 bits per heavy atom. The molecule has 3 rings (SSSR count). The Morgan fingerprint density at radius 3 is 2.73 bits per heavy atom. The van der Waals surface area contributed by atoms with E-state index in [-0.39, 0.29) is 12.1 Å². The molecule has 1 aromatic heterocycles. The first-order valence-corrected chi connectivity index (χ1v) is 7.88. The SMILES string of the molecule is CC(C)Oc1ccccc1[C@@H]1CN(c2ccncc2)CCN1. The molecule has 0 radical (unpaired) electrons. The van der Waals surface area contributed by atoms with Gasteiger partial charge in [-0.2, -0.15) is 0 Å². The van der Waals surface area contributed by atoms with E-state index < -0.39 is 0 Å². The van der Waals surface area contributed by atoms with Gasteiger partial charge in [-0.3, -0.25) is 4.98 Å². The lowest BCUT2D eigenvalue weighted by molar-refractivity contribution is 0.237. The van der Waals surface area contributed by atoms with Crippen LogP contribution in [0.25, 0.3) is 0 Å². The average molecular weight is 297 g/mol. The van der Waals surface area contributed by atoms with Crippen LogP contribution in [0.4, 0.5) is 5.69 Å². The highest BCUT2D eigenvalue weighted by atomic mass is 16.5. The van der Waals surface area contributed by atoms with Crippen molar-refractivity contribution in [1.29, 1.82) is 0 Å². The van der Waals surface area contributed by atoms with E-state index in [1.54, 1.807) is 0 Å². The highest BCUT2D eigenvalue weighted by Crippen LogP contribution is 2.29. The van der Waals surface area contributed by atoms with Gasteiger partial charge < -0.3 is 15.0 Å². The molecule has 0 aliphatic carbocycles. The third-order valence-electron chi connectivity index (χ3n) is 3.86. The summed E-state index contributed by atoms with van der Waals surface area (Å²) in [6, 6.07) is 12.7. The van der Waals surface area contributed by atoms with Crippen LogP contribution in [0.1, 0.15) is 25.5 Å². The zero-order valence-corrected chi connectivity index (χ0v) is 13.2. The van der Waals surface area contributed by atoms with Gasteiger partial charge in [0.1, 0.15) is 5.75 Å². The van der Waals surface area contributed by atoms with Crippen molar-refractivity contribution in [3.63, 3.8) is 0 Å². The first-order valence-electron chi connectivity index (χ1n) is 7.88. The quantitative estimate of drug-likeness (QED) is 0.941. The lowest BCUT2D eigenvalue weighted by atomic mass is 10.0. The Kier molecular flexibility index (Phi) is 4.59. The van der Waals surface area contributed by atoms with Crippen LogP contribution in [0.2, 0.25) is 0 Å². The van der Waals surface area contributed by atoms with Crippen LogP contribution in [0.15, 0.2) is 48.8 Å². The van der Waals surface area contributed by atoms with Gasteiger partial charge in [0.15, 0.2) is 0 Å². The van der Waals surface area contributed by atoms with Crippen LogP contribution >= 0.6 is 0 Å². The molecule has 1 aliphatic heterocycles.